The number of aliphatic imine (C=N–C) groups is 1. The lowest BCUT2D eigenvalue weighted by molar-refractivity contribution is -0.131. The third-order valence-electron chi connectivity index (χ3n) is 4.03. The van der Waals surface area contributed by atoms with Gasteiger partial charge < -0.3 is 25.2 Å². The van der Waals surface area contributed by atoms with Crippen LogP contribution in [0.4, 0.5) is 5.69 Å². The summed E-state index contributed by atoms with van der Waals surface area (Å²) in [6.07, 6.45) is 0. The highest BCUT2D eigenvalue weighted by atomic mass is 16.5. The normalized spacial score (nSPS) is 21.5. The monoisotopic (exact) mass is 334 g/mol. The van der Waals surface area contributed by atoms with E-state index in [0.717, 1.165) is 0 Å². The third kappa shape index (κ3) is 2.33. The number of carbonyl (C=O) groups is 2. The van der Waals surface area contributed by atoms with Gasteiger partial charge in [-0.3, -0.25) is 14.9 Å². The van der Waals surface area contributed by atoms with Gasteiger partial charge in [-0.1, -0.05) is 0 Å². The second kappa shape index (κ2) is 6.00. The van der Waals surface area contributed by atoms with Crippen LogP contribution < -0.4 is 20.5 Å². The van der Waals surface area contributed by atoms with Crippen molar-refractivity contribution >= 4 is 23.5 Å². The molecule has 3 rings (SSSR count). The van der Waals surface area contributed by atoms with Gasteiger partial charge in [0.1, 0.15) is 6.61 Å². The molecule has 1 fully saturated rings. The Bertz CT molecular complexity index is 733. The van der Waals surface area contributed by atoms with Gasteiger partial charge >= 0.3 is 0 Å². The van der Waals surface area contributed by atoms with Gasteiger partial charge in [0.15, 0.2) is 17.5 Å². The maximum absolute atomic E-state index is 12.0. The van der Waals surface area contributed by atoms with Gasteiger partial charge in [-0.25, -0.2) is 4.99 Å². The molecule has 0 radical (unpaired) electrons. The SMILES string of the molecule is COc1c(OCCO)ccc2c1C(C)N1C(=N2)NC(=O)C1C(N)=O. The van der Waals surface area contributed by atoms with E-state index >= 15 is 0 Å². The fourth-order valence-corrected chi connectivity index (χ4v) is 3.05. The summed E-state index contributed by atoms with van der Waals surface area (Å²) in [6, 6.07) is 1.90. The molecule has 24 heavy (non-hydrogen) atoms. The summed E-state index contributed by atoms with van der Waals surface area (Å²) < 4.78 is 10.9. The summed E-state index contributed by atoms with van der Waals surface area (Å²) in [5.41, 5.74) is 6.65. The second-order valence-corrected chi connectivity index (χ2v) is 5.41. The molecule has 128 valence electrons. The number of nitrogens with two attached hydrogens (primary N) is 1. The molecule has 2 atom stereocenters. The Balaban J connectivity index is 2.09. The Kier molecular flexibility index (Phi) is 4.02. The topological polar surface area (TPSA) is 126 Å². The molecule has 0 aliphatic carbocycles. The summed E-state index contributed by atoms with van der Waals surface area (Å²) in [5, 5.41) is 11.5. The minimum absolute atomic E-state index is 0.117. The Hall–Kier alpha value is -2.81. The number of nitrogens with zero attached hydrogens (tertiary/aromatic N) is 2. The molecule has 2 heterocycles. The van der Waals surface area contributed by atoms with E-state index in [0.29, 0.717) is 22.7 Å². The number of amides is 2. The lowest BCUT2D eigenvalue weighted by atomic mass is 10.00. The van der Waals surface area contributed by atoms with E-state index in [1.54, 1.807) is 12.1 Å². The van der Waals surface area contributed by atoms with E-state index in [2.05, 4.69) is 10.3 Å². The van der Waals surface area contributed by atoms with Gasteiger partial charge in [0.2, 0.25) is 11.9 Å². The van der Waals surface area contributed by atoms with Gasteiger partial charge in [-0.15, -0.1) is 0 Å². The Morgan fingerprint density at radius 3 is 2.88 bits per heavy atom. The molecule has 1 saturated heterocycles. The third-order valence-corrected chi connectivity index (χ3v) is 4.03. The highest BCUT2D eigenvalue weighted by Crippen LogP contribution is 2.46. The van der Waals surface area contributed by atoms with E-state index in [9.17, 15) is 9.59 Å². The summed E-state index contributed by atoms with van der Waals surface area (Å²) >= 11 is 0. The molecule has 2 unspecified atom stereocenters. The Morgan fingerprint density at radius 2 is 2.25 bits per heavy atom. The van der Waals surface area contributed by atoms with Crippen molar-refractivity contribution < 1.29 is 24.2 Å². The van der Waals surface area contributed by atoms with E-state index in [1.807, 2.05) is 6.92 Å². The number of hydrogen-bond acceptors (Lipinski definition) is 7. The zero-order chi connectivity index (χ0) is 17.4. The first-order chi connectivity index (χ1) is 11.5. The number of benzene rings is 1. The van der Waals surface area contributed by atoms with Crippen LogP contribution in [0.1, 0.15) is 18.5 Å². The molecule has 2 aliphatic heterocycles. The van der Waals surface area contributed by atoms with Gasteiger partial charge in [0, 0.05) is 5.56 Å². The fourth-order valence-electron chi connectivity index (χ4n) is 3.05. The molecule has 4 N–H and O–H groups in total. The number of primary amides is 1. The zero-order valence-electron chi connectivity index (χ0n) is 13.3. The molecule has 0 bridgehead atoms. The maximum atomic E-state index is 12.0. The van der Waals surface area contributed by atoms with Crippen LogP contribution in [-0.4, -0.2) is 54.1 Å². The first kappa shape index (κ1) is 16.1. The van der Waals surface area contributed by atoms with Crippen LogP contribution in [-0.2, 0) is 9.59 Å². The smallest absolute Gasteiger partial charge is 0.259 e. The average Bonchev–Trinajstić information content (AvgIpc) is 2.89. The predicted octanol–water partition coefficient (Wildman–Crippen LogP) is -0.586. The number of rotatable bonds is 5. The molecule has 9 heteroatoms. The Labute approximate surface area is 138 Å². The number of nitrogens with one attached hydrogen (secondary N) is 1. The van der Waals surface area contributed by atoms with Crippen LogP contribution in [0, 0.1) is 0 Å². The molecule has 0 saturated carbocycles. The standard InChI is InChI=1S/C15H18N4O5/c1-7-10-8(3-4-9(12(10)23-2)24-6-5-20)17-15-18-14(22)11(13(16)21)19(7)15/h3-4,7,11,20H,5-6H2,1-2H3,(H2,16,21)(H,17,18,22). The van der Waals surface area contributed by atoms with Crippen molar-refractivity contribution in [3.8, 4) is 11.5 Å². The van der Waals surface area contributed by atoms with Crippen molar-refractivity contribution in [3.63, 3.8) is 0 Å². The molecule has 1 aromatic rings. The summed E-state index contributed by atoms with van der Waals surface area (Å²) in [4.78, 5) is 29.6. The van der Waals surface area contributed by atoms with Crippen LogP contribution in [0.25, 0.3) is 0 Å². The highest BCUT2D eigenvalue weighted by molar-refractivity contribution is 6.17. The van der Waals surface area contributed by atoms with Crippen molar-refractivity contribution in [2.75, 3.05) is 20.3 Å². The van der Waals surface area contributed by atoms with Gasteiger partial charge in [-0.05, 0) is 19.1 Å². The van der Waals surface area contributed by atoms with Gasteiger partial charge in [0.05, 0.1) is 25.4 Å². The number of hydrogen-bond donors (Lipinski definition) is 3. The van der Waals surface area contributed by atoms with Crippen molar-refractivity contribution in [2.24, 2.45) is 10.7 Å². The first-order valence-corrected chi connectivity index (χ1v) is 7.41. The lowest BCUT2D eigenvalue weighted by Gasteiger charge is -2.34. The molecule has 2 amide bonds. The van der Waals surface area contributed by atoms with Crippen LogP contribution in [0.15, 0.2) is 17.1 Å². The fraction of sp³-hybridized carbons (Fsp3) is 0.400. The van der Waals surface area contributed by atoms with Crippen LogP contribution in [0.5, 0.6) is 11.5 Å². The number of ether oxygens (including phenoxy) is 2. The molecular formula is C15H18N4O5. The minimum atomic E-state index is -1.13. The zero-order valence-corrected chi connectivity index (χ0v) is 13.3. The van der Waals surface area contributed by atoms with E-state index in [4.69, 9.17) is 20.3 Å². The van der Waals surface area contributed by atoms with Crippen LogP contribution in [0.3, 0.4) is 0 Å². The van der Waals surface area contributed by atoms with Crippen molar-refractivity contribution in [1.29, 1.82) is 0 Å². The quantitative estimate of drug-likeness (QED) is 0.618. The number of guanidine groups is 1. The van der Waals surface area contributed by atoms with Gasteiger partial charge in [-0.2, -0.15) is 0 Å². The number of methoxy groups -OCH3 is 1. The van der Waals surface area contributed by atoms with Gasteiger partial charge in [0.25, 0.3) is 5.91 Å². The highest BCUT2D eigenvalue weighted by Gasteiger charge is 2.46. The minimum Gasteiger partial charge on any atom is -0.492 e. The Morgan fingerprint density at radius 1 is 1.50 bits per heavy atom. The lowest BCUT2D eigenvalue weighted by Crippen LogP contribution is -2.47. The number of fused-ring (bicyclic) bond motifs is 2. The summed E-state index contributed by atoms with van der Waals surface area (Å²) in [5.74, 6) is -0.0742. The average molecular weight is 334 g/mol. The van der Waals surface area contributed by atoms with Crippen LogP contribution >= 0.6 is 0 Å². The molecule has 0 spiro atoms. The molecule has 2 aliphatic rings. The summed E-state index contributed by atoms with van der Waals surface area (Å²) in [6.45, 7) is 1.81. The number of aliphatic hydroxyl groups excluding tert-OH is 1. The largest absolute Gasteiger partial charge is 0.492 e. The van der Waals surface area contributed by atoms with E-state index < -0.39 is 23.9 Å². The first-order valence-electron chi connectivity index (χ1n) is 7.41. The van der Waals surface area contributed by atoms with Crippen LogP contribution in [0.2, 0.25) is 0 Å². The maximum Gasteiger partial charge on any atom is 0.259 e. The number of aliphatic hydroxyl groups is 1. The molecule has 0 aromatic heterocycles. The van der Waals surface area contributed by atoms with Crippen molar-refractivity contribution in [2.45, 2.75) is 19.0 Å². The van der Waals surface area contributed by atoms with Crippen molar-refractivity contribution in [3.05, 3.63) is 17.7 Å². The predicted molar refractivity (Wildman–Crippen MR) is 84.0 cm³/mol. The molecule has 9 nitrogen and oxygen atoms in total. The molecular weight excluding hydrogens is 316 g/mol. The van der Waals surface area contributed by atoms with Crippen molar-refractivity contribution in [1.82, 2.24) is 10.2 Å². The van der Waals surface area contributed by atoms with E-state index in [-0.39, 0.29) is 19.2 Å². The second-order valence-electron chi connectivity index (χ2n) is 5.41. The number of carbonyl (C=O) groups excluding carboxylic acids is 2. The van der Waals surface area contributed by atoms with E-state index in [1.165, 1.54) is 12.0 Å². The molecule has 1 aromatic carbocycles. The summed E-state index contributed by atoms with van der Waals surface area (Å²) in [7, 11) is 1.49.